The monoisotopic (exact) mass is 398 g/mol. The van der Waals surface area contributed by atoms with E-state index >= 15 is 0 Å². The fourth-order valence-corrected chi connectivity index (χ4v) is 4.03. The number of amides is 3. The van der Waals surface area contributed by atoms with E-state index in [0.717, 1.165) is 24.2 Å². The van der Waals surface area contributed by atoms with Gasteiger partial charge in [0.1, 0.15) is 17.8 Å². The molecule has 1 aliphatic carbocycles. The molecule has 1 N–H and O–H groups in total. The number of halogens is 2. The lowest BCUT2D eigenvalue weighted by Gasteiger charge is -2.34. The molecule has 1 spiro atoms. The average molecular weight is 399 g/mol. The van der Waals surface area contributed by atoms with E-state index in [-0.39, 0.29) is 16.7 Å². The van der Waals surface area contributed by atoms with Gasteiger partial charge >= 0.3 is 12.0 Å². The van der Waals surface area contributed by atoms with E-state index in [1.165, 1.54) is 18.2 Å². The molecule has 1 aromatic carbocycles. The summed E-state index contributed by atoms with van der Waals surface area (Å²) < 4.78 is 5.17. The van der Waals surface area contributed by atoms with Crippen molar-refractivity contribution in [3.63, 3.8) is 0 Å². The fraction of sp³-hybridized carbons (Fsp3) is 0.500. The van der Waals surface area contributed by atoms with Gasteiger partial charge in [0.25, 0.3) is 5.91 Å². The van der Waals surface area contributed by atoms with Crippen molar-refractivity contribution < 1.29 is 19.1 Å². The third-order valence-corrected chi connectivity index (χ3v) is 5.72. The van der Waals surface area contributed by atoms with Gasteiger partial charge in [-0.3, -0.25) is 9.69 Å². The normalized spacial score (nSPS) is 25.5. The SMILES string of the molecule is CCC1CCC2(CC1)NC(=O)N(CC(=O)Oc1ccc(Cl)cc1Cl)C2=O. The van der Waals surface area contributed by atoms with Crippen LogP contribution in [0, 0.1) is 5.92 Å². The fourth-order valence-electron chi connectivity index (χ4n) is 3.58. The van der Waals surface area contributed by atoms with Crippen molar-refractivity contribution in [1.82, 2.24) is 10.2 Å². The molecule has 140 valence electrons. The van der Waals surface area contributed by atoms with Gasteiger partial charge in [0.05, 0.1) is 5.02 Å². The average Bonchev–Trinajstić information content (AvgIpc) is 2.82. The second-order valence-corrected chi connectivity index (χ2v) is 7.65. The molecular formula is C18H20Cl2N2O4. The molecule has 1 aromatic rings. The second-order valence-electron chi connectivity index (χ2n) is 6.80. The van der Waals surface area contributed by atoms with E-state index in [4.69, 9.17) is 27.9 Å². The summed E-state index contributed by atoms with van der Waals surface area (Å²) in [7, 11) is 0. The summed E-state index contributed by atoms with van der Waals surface area (Å²) >= 11 is 11.8. The van der Waals surface area contributed by atoms with Crippen LogP contribution in [0.5, 0.6) is 5.75 Å². The molecule has 0 aromatic heterocycles. The number of urea groups is 1. The molecule has 1 aliphatic heterocycles. The highest BCUT2D eigenvalue weighted by molar-refractivity contribution is 6.35. The largest absolute Gasteiger partial charge is 0.424 e. The molecule has 1 saturated heterocycles. The van der Waals surface area contributed by atoms with Gasteiger partial charge in [-0.15, -0.1) is 0 Å². The highest BCUT2D eigenvalue weighted by Crippen LogP contribution is 2.37. The minimum absolute atomic E-state index is 0.131. The highest BCUT2D eigenvalue weighted by Gasteiger charge is 2.52. The second kappa shape index (κ2) is 7.45. The van der Waals surface area contributed by atoms with Crippen LogP contribution in [-0.2, 0) is 9.59 Å². The summed E-state index contributed by atoms with van der Waals surface area (Å²) in [5, 5.41) is 3.38. The van der Waals surface area contributed by atoms with Crippen LogP contribution in [0.15, 0.2) is 18.2 Å². The lowest BCUT2D eigenvalue weighted by molar-refractivity contribution is -0.141. The van der Waals surface area contributed by atoms with Gasteiger partial charge < -0.3 is 10.1 Å². The van der Waals surface area contributed by atoms with E-state index in [1.807, 2.05) is 0 Å². The first-order valence-electron chi connectivity index (χ1n) is 8.64. The van der Waals surface area contributed by atoms with Gasteiger partial charge in [-0.25, -0.2) is 9.59 Å². The van der Waals surface area contributed by atoms with Crippen LogP contribution < -0.4 is 10.1 Å². The Kier molecular flexibility index (Phi) is 5.44. The number of hydrogen-bond acceptors (Lipinski definition) is 4. The van der Waals surface area contributed by atoms with E-state index in [0.29, 0.717) is 23.8 Å². The zero-order chi connectivity index (χ0) is 18.9. The number of carbonyl (C=O) groups is 3. The Balaban J connectivity index is 1.65. The molecule has 8 heteroatoms. The van der Waals surface area contributed by atoms with Crippen molar-refractivity contribution in [2.45, 2.75) is 44.6 Å². The zero-order valence-electron chi connectivity index (χ0n) is 14.4. The number of rotatable bonds is 4. The van der Waals surface area contributed by atoms with Gasteiger partial charge in [-0.1, -0.05) is 36.5 Å². The number of ether oxygens (including phenoxy) is 1. The quantitative estimate of drug-likeness (QED) is 0.475. The molecule has 26 heavy (non-hydrogen) atoms. The van der Waals surface area contributed by atoms with Crippen LogP contribution >= 0.6 is 23.2 Å². The lowest BCUT2D eigenvalue weighted by atomic mass is 9.75. The Morgan fingerprint density at radius 2 is 2.00 bits per heavy atom. The maximum absolute atomic E-state index is 12.8. The Morgan fingerprint density at radius 3 is 2.62 bits per heavy atom. The number of carbonyl (C=O) groups excluding carboxylic acids is 3. The summed E-state index contributed by atoms with van der Waals surface area (Å²) in [5.41, 5.74) is -0.874. The van der Waals surface area contributed by atoms with Crippen LogP contribution in [0.3, 0.4) is 0 Å². The van der Waals surface area contributed by atoms with Crippen LogP contribution in [0.25, 0.3) is 0 Å². The first kappa shape index (κ1) is 19.0. The molecule has 1 saturated carbocycles. The molecule has 2 fully saturated rings. The smallest absolute Gasteiger partial charge is 0.331 e. The molecule has 3 rings (SSSR count). The Hall–Kier alpha value is -1.79. The lowest BCUT2D eigenvalue weighted by Crippen LogP contribution is -2.49. The first-order valence-corrected chi connectivity index (χ1v) is 9.40. The van der Waals surface area contributed by atoms with E-state index in [9.17, 15) is 14.4 Å². The first-order chi connectivity index (χ1) is 12.3. The highest BCUT2D eigenvalue weighted by atomic mass is 35.5. The number of hydrogen-bond donors (Lipinski definition) is 1. The molecule has 3 amide bonds. The Labute approximate surface area is 161 Å². The van der Waals surface area contributed by atoms with E-state index in [2.05, 4.69) is 12.2 Å². The summed E-state index contributed by atoms with van der Waals surface area (Å²) in [6.45, 7) is 1.67. The summed E-state index contributed by atoms with van der Waals surface area (Å²) in [6.07, 6.45) is 4.05. The molecule has 6 nitrogen and oxygen atoms in total. The van der Waals surface area contributed by atoms with Crippen molar-refractivity contribution in [1.29, 1.82) is 0 Å². The van der Waals surface area contributed by atoms with Crippen LogP contribution in [0.4, 0.5) is 4.79 Å². The van der Waals surface area contributed by atoms with E-state index < -0.39 is 24.1 Å². The van der Waals surface area contributed by atoms with Crippen LogP contribution in [0.1, 0.15) is 39.0 Å². The maximum atomic E-state index is 12.8. The minimum Gasteiger partial charge on any atom is -0.424 e. The summed E-state index contributed by atoms with van der Waals surface area (Å²) in [5.74, 6) is -0.379. The summed E-state index contributed by atoms with van der Waals surface area (Å²) in [6, 6.07) is 3.89. The number of benzene rings is 1. The predicted octanol–water partition coefficient (Wildman–Crippen LogP) is 3.79. The predicted molar refractivity (Wildman–Crippen MR) is 97.3 cm³/mol. The third kappa shape index (κ3) is 3.67. The van der Waals surface area contributed by atoms with Crippen molar-refractivity contribution in [3.05, 3.63) is 28.2 Å². The van der Waals surface area contributed by atoms with Gasteiger partial charge in [-0.2, -0.15) is 0 Å². The molecule has 2 aliphatic rings. The molecule has 0 bridgehead atoms. The third-order valence-electron chi connectivity index (χ3n) is 5.19. The minimum atomic E-state index is -0.874. The Bertz CT molecular complexity index is 745. The topological polar surface area (TPSA) is 75.7 Å². The van der Waals surface area contributed by atoms with Crippen molar-refractivity contribution in [2.24, 2.45) is 5.92 Å². The molecule has 0 radical (unpaired) electrons. The van der Waals surface area contributed by atoms with Gasteiger partial charge in [0.2, 0.25) is 0 Å². The van der Waals surface area contributed by atoms with Gasteiger partial charge in [-0.05, 0) is 49.8 Å². The van der Waals surface area contributed by atoms with Crippen LogP contribution in [0.2, 0.25) is 10.0 Å². The van der Waals surface area contributed by atoms with E-state index in [1.54, 1.807) is 0 Å². The Morgan fingerprint density at radius 1 is 1.31 bits per heavy atom. The zero-order valence-corrected chi connectivity index (χ0v) is 15.9. The molecule has 0 atom stereocenters. The number of imide groups is 1. The number of nitrogens with zero attached hydrogens (tertiary/aromatic N) is 1. The van der Waals surface area contributed by atoms with Gasteiger partial charge in [0, 0.05) is 5.02 Å². The maximum Gasteiger partial charge on any atom is 0.331 e. The number of nitrogens with one attached hydrogen (secondary N) is 1. The molecule has 1 heterocycles. The standard InChI is InChI=1S/C18H20Cl2N2O4/c1-2-11-5-7-18(8-6-11)16(24)22(17(25)21-18)10-15(23)26-14-4-3-12(19)9-13(14)20/h3-4,9,11H,2,5-8,10H2,1H3,(H,21,25). The molecular weight excluding hydrogens is 379 g/mol. The summed E-state index contributed by atoms with van der Waals surface area (Å²) in [4.78, 5) is 38.1. The van der Waals surface area contributed by atoms with Gasteiger partial charge in [0.15, 0.2) is 0 Å². The molecule has 0 unspecified atom stereocenters. The van der Waals surface area contributed by atoms with Crippen LogP contribution in [-0.4, -0.2) is 34.9 Å². The van der Waals surface area contributed by atoms with Crippen molar-refractivity contribution in [3.8, 4) is 5.75 Å². The van der Waals surface area contributed by atoms with Crippen molar-refractivity contribution in [2.75, 3.05) is 6.54 Å². The van der Waals surface area contributed by atoms with Crippen molar-refractivity contribution >= 4 is 41.1 Å². The number of esters is 1.